The number of unbranched alkanes of at least 4 members (excludes halogenated alkanes) is 1. The third-order valence-electron chi connectivity index (χ3n) is 5.71. The SMILES string of the molecule is C=C/C(=C\C(=C/C)C(C)(C)C)c1ccc(CCCCC(C)(C)CC)c(C)n1. The molecule has 0 bridgehead atoms. The molecule has 0 aromatic carbocycles. The van der Waals surface area contributed by atoms with Gasteiger partial charge in [-0.1, -0.05) is 79.2 Å². The van der Waals surface area contributed by atoms with E-state index in [9.17, 15) is 0 Å². The van der Waals surface area contributed by atoms with E-state index >= 15 is 0 Å². The van der Waals surface area contributed by atoms with E-state index < -0.39 is 0 Å². The van der Waals surface area contributed by atoms with Crippen molar-refractivity contribution in [3.05, 3.63) is 59.5 Å². The van der Waals surface area contributed by atoms with Crippen LogP contribution in [0.4, 0.5) is 0 Å². The molecule has 0 atom stereocenters. The second-order valence-electron chi connectivity index (χ2n) is 9.46. The van der Waals surface area contributed by atoms with Gasteiger partial charge in [0.05, 0.1) is 5.69 Å². The molecule has 0 aliphatic heterocycles. The Bertz CT molecular complexity index is 681. The summed E-state index contributed by atoms with van der Waals surface area (Å²) in [7, 11) is 0. The third-order valence-corrected chi connectivity index (χ3v) is 5.71. The minimum atomic E-state index is 0.115. The van der Waals surface area contributed by atoms with E-state index in [2.05, 4.69) is 86.3 Å². The van der Waals surface area contributed by atoms with Gasteiger partial charge < -0.3 is 0 Å². The lowest BCUT2D eigenvalue weighted by Crippen LogP contribution is -2.09. The zero-order valence-corrected chi connectivity index (χ0v) is 19.1. The fourth-order valence-electron chi connectivity index (χ4n) is 3.25. The second-order valence-corrected chi connectivity index (χ2v) is 9.46. The molecule has 0 aliphatic rings. The van der Waals surface area contributed by atoms with Crippen LogP contribution in [0.2, 0.25) is 0 Å². The van der Waals surface area contributed by atoms with E-state index in [1.807, 2.05) is 6.08 Å². The summed E-state index contributed by atoms with van der Waals surface area (Å²) in [5.74, 6) is 0. The molecule has 27 heavy (non-hydrogen) atoms. The van der Waals surface area contributed by atoms with Crippen molar-refractivity contribution in [2.24, 2.45) is 10.8 Å². The predicted octanol–water partition coefficient (Wildman–Crippen LogP) is 8.10. The zero-order valence-electron chi connectivity index (χ0n) is 19.1. The summed E-state index contributed by atoms with van der Waals surface area (Å²) in [5.41, 5.74) is 6.52. The number of nitrogens with zero attached hydrogens (tertiary/aromatic N) is 1. The number of pyridine rings is 1. The highest BCUT2D eigenvalue weighted by Crippen LogP contribution is 2.30. The highest BCUT2D eigenvalue weighted by Gasteiger charge is 2.16. The first-order valence-corrected chi connectivity index (χ1v) is 10.5. The minimum Gasteiger partial charge on any atom is -0.253 e. The van der Waals surface area contributed by atoms with Crippen LogP contribution in [0.3, 0.4) is 0 Å². The fourth-order valence-corrected chi connectivity index (χ4v) is 3.25. The number of aryl methyl sites for hydroxylation is 2. The largest absolute Gasteiger partial charge is 0.253 e. The van der Waals surface area contributed by atoms with Gasteiger partial charge in [0, 0.05) is 5.69 Å². The molecule has 0 amide bonds. The van der Waals surface area contributed by atoms with Crippen LogP contribution in [0.5, 0.6) is 0 Å². The van der Waals surface area contributed by atoms with Gasteiger partial charge in [0.25, 0.3) is 0 Å². The van der Waals surface area contributed by atoms with Gasteiger partial charge in [-0.3, -0.25) is 4.98 Å². The van der Waals surface area contributed by atoms with Gasteiger partial charge in [0.2, 0.25) is 0 Å². The topological polar surface area (TPSA) is 12.9 Å². The van der Waals surface area contributed by atoms with Gasteiger partial charge in [0.1, 0.15) is 0 Å². The highest BCUT2D eigenvalue weighted by molar-refractivity contribution is 5.74. The maximum atomic E-state index is 4.89. The number of aromatic nitrogens is 1. The quantitative estimate of drug-likeness (QED) is 0.317. The van der Waals surface area contributed by atoms with Crippen molar-refractivity contribution >= 4 is 5.57 Å². The Labute approximate surface area is 168 Å². The molecule has 1 rings (SSSR count). The van der Waals surface area contributed by atoms with Gasteiger partial charge in [-0.05, 0) is 72.8 Å². The van der Waals surface area contributed by atoms with Crippen LogP contribution in [0.15, 0.2) is 42.5 Å². The normalized spacial score (nSPS) is 13.8. The van der Waals surface area contributed by atoms with E-state index in [-0.39, 0.29) is 5.41 Å². The number of allylic oxidation sites excluding steroid dienone is 5. The van der Waals surface area contributed by atoms with Crippen LogP contribution in [0.1, 0.15) is 91.1 Å². The number of hydrogen-bond acceptors (Lipinski definition) is 1. The predicted molar refractivity (Wildman–Crippen MR) is 122 cm³/mol. The van der Waals surface area contributed by atoms with Gasteiger partial charge in [-0.15, -0.1) is 0 Å². The summed E-state index contributed by atoms with van der Waals surface area (Å²) in [6.45, 7) is 22.0. The van der Waals surface area contributed by atoms with E-state index in [1.165, 1.54) is 36.8 Å². The van der Waals surface area contributed by atoms with Crippen LogP contribution in [0.25, 0.3) is 5.57 Å². The van der Waals surface area contributed by atoms with Crippen molar-refractivity contribution in [2.45, 2.75) is 87.5 Å². The Hall–Kier alpha value is -1.63. The molecule has 0 spiro atoms. The maximum Gasteiger partial charge on any atom is 0.0705 e. The van der Waals surface area contributed by atoms with E-state index in [1.54, 1.807) is 0 Å². The Kier molecular flexibility index (Phi) is 8.72. The van der Waals surface area contributed by atoms with Crippen molar-refractivity contribution in [2.75, 3.05) is 0 Å². The summed E-state index contributed by atoms with van der Waals surface area (Å²) in [5, 5.41) is 0. The lowest BCUT2D eigenvalue weighted by molar-refractivity contribution is 0.309. The second kappa shape index (κ2) is 10.1. The van der Waals surface area contributed by atoms with Crippen LogP contribution in [0, 0.1) is 17.8 Å². The molecule has 0 radical (unpaired) electrons. The lowest BCUT2D eigenvalue weighted by Gasteiger charge is -2.22. The molecule has 1 heteroatoms. The van der Waals surface area contributed by atoms with Crippen molar-refractivity contribution < 1.29 is 0 Å². The van der Waals surface area contributed by atoms with Crippen LogP contribution >= 0.6 is 0 Å². The first-order valence-electron chi connectivity index (χ1n) is 10.5. The summed E-state index contributed by atoms with van der Waals surface area (Å²) in [6.07, 6.45) is 12.5. The summed E-state index contributed by atoms with van der Waals surface area (Å²) < 4.78 is 0. The van der Waals surface area contributed by atoms with Gasteiger partial charge in [0.15, 0.2) is 0 Å². The molecule has 1 aromatic heterocycles. The average molecular weight is 368 g/mol. The molecule has 150 valence electrons. The standard InChI is InChI=1S/C26H41N/c1-10-21(19-23(11-2)25(5,6)7)24-17-16-22(20(4)27-24)15-13-14-18-26(8,9)12-3/h10-11,16-17,19H,1,12-15,18H2,2-9H3/b21-19+,23-11+. The molecular formula is C26H41N. The Morgan fingerprint density at radius 2 is 1.78 bits per heavy atom. The minimum absolute atomic E-state index is 0.115. The Balaban J connectivity index is 2.88. The summed E-state index contributed by atoms with van der Waals surface area (Å²) in [4.78, 5) is 4.89. The first kappa shape index (κ1) is 23.4. The number of rotatable bonds is 9. The molecule has 1 nitrogen and oxygen atoms in total. The van der Waals surface area contributed by atoms with Crippen molar-refractivity contribution in [3.63, 3.8) is 0 Å². The zero-order chi connectivity index (χ0) is 20.7. The molecule has 0 saturated heterocycles. The van der Waals surface area contributed by atoms with E-state index in [0.717, 1.165) is 23.4 Å². The smallest absolute Gasteiger partial charge is 0.0705 e. The molecule has 0 saturated carbocycles. The van der Waals surface area contributed by atoms with Crippen LogP contribution < -0.4 is 0 Å². The molecule has 1 heterocycles. The first-order chi connectivity index (χ1) is 12.5. The van der Waals surface area contributed by atoms with Crippen LogP contribution in [-0.4, -0.2) is 4.98 Å². The third kappa shape index (κ3) is 7.48. The molecule has 0 fully saturated rings. The van der Waals surface area contributed by atoms with E-state index in [4.69, 9.17) is 4.98 Å². The monoisotopic (exact) mass is 367 g/mol. The molecule has 0 unspecified atom stereocenters. The Morgan fingerprint density at radius 1 is 1.11 bits per heavy atom. The molecule has 0 N–H and O–H groups in total. The number of hydrogen-bond donors (Lipinski definition) is 0. The highest BCUT2D eigenvalue weighted by atomic mass is 14.7. The van der Waals surface area contributed by atoms with Crippen molar-refractivity contribution in [1.82, 2.24) is 4.98 Å². The molecular weight excluding hydrogens is 326 g/mol. The van der Waals surface area contributed by atoms with E-state index in [0.29, 0.717) is 5.41 Å². The van der Waals surface area contributed by atoms with Gasteiger partial charge >= 0.3 is 0 Å². The van der Waals surface area contributed by atoms with Gasteiger partial charge in [-0.2, -0.15) is 0 Å². The Morgan fingerprint density at radius 3 is 2.26 bits per heavy atom. The van der Waals surface area contributed by atoms with Crippen molar-refractivity contribution in [3.8, 4) is 0 Å². The fraction of sp³-hybridized carbons (Fsp3) is 0.577. The summed E-state index contributed by atoms with van der Waals surface area (Å²) >= 11 is 0. The summed E-state index contributed by atoms with van der Waals surface area (Å²) in [6, 6.07) is 4.41. The van der Waals surface area contributed by atoms with Gasteiger partial charge in [-0.25, -0.2) is 0 Å². The molecule has 0 aliphatic carbocycles. The van der Waals surface area contributed by atoms with Crippen molar-refractivity contribution in [1.29, 1.82) is 0 Å². The average Bonchev–Trinajstić information content (AvgIpc) is 2.59. The lowest BCUT2D eigenvalue weighted by atomic mass is 9.84. The molecule has 1 aromatic rings. The maximum absolute atomic E-state index is 4.89. The van der Waals surface area contributed by atoms with Crippen LogP contribution in [-0.2, 0) is 6.42 Å².